The number of nitrogens with zero attached hydrogens (tertiary/aromatic N) is 1. The largest absolute Gasteiger partial charge is 0.477 e. The van der Waals surface area contributed by atoms with Gasteiger partial charge in [-0.2, -0.15) is 0 Å². The number of thiophene rings is 2. The summed E-state index contributed by atoms with van der Waals surface area (Å²) in [5, 5.41) is 18.9. The van der Waals surface area contributed by atoms with Crippen LogP contribution in [0.5, 0.6) is 0 Å². The predicted octanol–water partition coefficient (Wildman–Crippen LogP) is 1.76. The summed E-state index contributed by atoms with van der Waals surface area (Å²) in [4.78, 5) is 37.6. The average molecular weight is 440 g/mol. The van der Waals surface area contributed by atoms with E-state index in [9.17, 15) is 19.5 Å². The van der Waals surface area contributed by atoms with E-state index < -0.39 is 23.3 Å². The molecule has 0 saturated carbocycles. The lowest BCUT2D eigenvalue weighted by atomic mass is 10.0. The van der Waals surface area contributed by atoms with Gasteiger partial charge in [-0.1, -0.05) is 0 Å². The van der Waals surface area contributed by atoms with Crippen molar-refractivity contribution in [2.45, 2.75) is 11.4 Å². The van der Waals surface area contributed by atoms with Crippen LogP contribution in [0.2, 0.25) is 0 Å². The number of aliphatic carboxylic acids is 1. The number of hydrogen-bond acceptors (Lipinski definition) is 8. The summed E-state index contributed by atoms with van der Waals surface area (Å²) in [7, 11) is 1.48. The smallest absolute Gasteiger partial charge is 0.352 e. The number of β-lactam (4-membered cyclic amide) rings is 1. The molecular formula is C17H17N3O5S3. The molecular weight excluding hydrogens is 422 g/mol. The van der Waals surface area contributed by atoms with Crippen LogP contribution in [0.4, 0.5) is 5.00 Å². The van der Waals surface area contributed by atoms with Crippen molar-refractivity contribution < 1.29 is 24.2 Å². The summed E-state index contributed by atoms with van der Waals surface area (Å²) in [5.74, 6) is -1.43. The van der Waals surface area contributed by atoms with Gasteiger partial charge in [0.05, 0.1) is 22.2 Å². The van der Waals surface area contributed by atoms with Gasteiger partial charge in [0.25, 0.3) is 5.91 Å². The van der Waals surface area contributed by atoms with Crippen molar-refractivity contribution >= 4 is 66.6 Å². The molecule has 2 aromatic rings. The fourth-order valence-electron chi connectivity index (χ4n) is 3.21. The van der Waals surface area contributed by atoms with Crippen LogP contribution in [0.1, 0.15) is 0 Å². The van der Waals surface area contributed by atoms with Gasteiger partial charge >= 0.3 is 5.97 Å². The van der Waals surface area contributed by atoms with Gasteiger partial charge < -0.3 is 20.5 Å². The number of fused-ring (bicyclic) bond motifs is 2. The van der Waals surface area contributed by atoms with E-state index in [-0.39, 0.29) is 24.8 Å². The molecule has 1 unspecified atom stereocenters. The molecule has 2 amide bonds. The number of carbonyl (C=O) groups excluding carboxylic acids is 2. The number of hydrogen-bond donors (Lipinski definition) is 3. The van der Waals surface area contributed by atoms with Crippen LogP contribution in [0.3, 0.4) is 0 Å². The van der Waals surface area contributed by atoms with Crippen LogP contribution in [0.15, 0.2) is 28.8 Å². The van der Waals surface area contributed by atoms with Gasteiger partial charge in [0.15, 0.2) is 0 Å². The Hall–Kier alpha value is -2.08. The second-order valence-corrected chi connectivity index (χ2v) is 9.60. The number of nitrogens with one attached hydrogen (secondary N) is 2. The number of thioether (sulfide) groups is 1. The van der Waals surface area contributed by atoms with E-state index in [1.807, 2.05) is 17.5 Å². The van der Waals surface area contributed by atoms with Gasteiger partial charge in [-0.25, -0.2) is 4.79 Å². The minimum Gasteiger partial charge on any atom is -0.477 e. The minimum absolute atomic E-state index is 0.0297. The van der Waals surface area contributed by atoms with Gasteiger partial charge in [-0.15, -0.1) is 34.4 Å². The molecule has 11 heteroatoms. The van der Waals surface area contributed by atoms with E-state index >= 15 is 0 Å². The Morgan fingerprint density at radius 2 is 2.25 bits per heavy atom. The maximum Gasteiger partial charge on any atom is 0.352 e. The van der Waals surface area contributed by atoms with Crippen molar-refractivity contribution in [3.8, 4) is 0 Å². The molecule has 0 bridgehead atoms. The van der Waals surface area contributed by atoms with E-state index in [2.05, 4.69) is 10.6 Å². The van der Waals surface area contributed by atoms with Crippen LogP contribution in [0, 0.1) is 0 Å². The molecule has 2 aliphatic heterocycles. The Kier molecular flexibility index (Phi) is 5.32. The van der Waals surface area contributed by atoms with Gasteiger partial charge in [-0.05, 0) is 23.1 Å². The van der Waals surface area contributed by atoms with Crippen molar-refractivity contribution in [3.63, 3.8) is 0 Å². The normalized spacial score (nSPS) is 21.5. The maximum absolute atomic E-state index is 12.5. The number of methoxy groups -OCH3 is 1. The Balaban J connectivity index is 1.37. The van der Waals surface area contributed by atoms with Crippen molar-refractivity contribution in [1.82, 2.24) is 10.2 Å². The van der Waals surface area contributed by atoms with E-state index in [1.54, 1.807) is 22.7 Å². The Labute approximate surface area is 172 Å². The number of carboxylic acids is 1. The molecule has 0 spiro atoms. The molecule has 0 aliphatic carbocycles. The highest BCUT2D eigenvalue weighted by molar-refractivity contribution is 8.00. The summed E-state index contributed by atoms with van der Waals surface area (Å²) in [6, 6.07) is 3.29. The maximum atomic E-state index is 12.5. The third-order valence-corrected chi connectivity index (χ3v) is 7.96. The zero-order valence-corrected chi connectivity index (χ0v) is 17.2. The van der Waals surface area contributed by atoms with Crippen LogP contribution in [-0.4, -0.2) is 65.2 Å². The second kappa shape index (κ2) is 7.74. The molecule has 8 nitrogen and oxygen atoms in total. The topological polar surface area (TPSA) is 108 Å². The SMILES string of the molecule is COCC1=C(C(=O)O)N2C(=O)C(NC(=O)CNc3cc4ccsc4s3)[C@@H]2SC1. The third kappa shape index (κ3) is 3.39. The van der Waals surface area contributed by atoms with Gasteiger partial charge in [0.2, 0.25) is 5.91 Å². The summed E-state index contributed by atoms with van der Waals surface area (Å²) in [5.41, 5.74) is 0.534. The Morgan fingerprint density at radius 1 is 1.43 bits per heavy atom. The Bertz CT molecular complexity index is 953. The molecule has 2 atom stereocenters. The van der Waals surface area contributed by atoms with Gasteiger partial charge in [0, 0.05) is 18.2 Å². The number of carboxylic acid groups (broad SMARTS) is 1. The third-order valence-electron chi connectivity index (χ3n) is 4.46. The van der Waals surface area contributed by atoms with E-state index in [4.69, 9.17) is 4.74 Å². The first kappa shape index (κ1) is 19.2. The van der Waals surface area contributed by atoms with E-state index in [1.165, 1.54) is 27.8 Å². The summed E-state index contributed by atoms with van der Waals surface area (Å²) in [6.07, 6.45) is 0. The highest BCUT2D eigenvalue weighted by atomic mass is 32.2. The zero-order chi connectivity index (χ0) is 19.8. The predicted molar refractivity (Wildman–Crippen MR) is 110 cm³/mol. The monoisotopic (exact) mass is 439 g/mol. The molecule has 1 fully saturated rings. The van der Waals surface area contributed by atoms with Gasteiger partial charge in [-0.3, -0.25) is 14.5 Å². The number of ether oxygens (including phenoxy) is 1. The van der Waals surface area contributed by atoms with E-state index in [0.29, 0.717) is 11.3 Å². The lowest BCUT2D eigenvalue weighted by Gasteiger charge is -2.49. The lowest BCUT2D eigenvalue weighted by molar-refractivity contribution is -0.150. The Morgan fingerprint density at radius 3 is 2.96 bits per heavy atom. The number of rotatable bonds is 7. The molecule has 0 aromatic carbocycles. The molecule has 1 saturated heterocycles. The number of anilines is 1. The number of carbonyl (C=O) groups is 3. The number of amides is 2. The van der Waals surface area contributed by atoms with Crippen LogP contribution in [0.25, 0.3) is 9.40 Å². The summed E-state index contributed by atoms with van der Waals surface area (Å²) < 4.78 is 6.22. The first-order valence-corrected chi connectivity index (χ1v) is 11.1. The first-order valence-electron chi connectivity index (χ1n) is 8.39. The highest BCUT2D eigenvalue weighted by Gasteiger charge is 2.54. The van der Waals surface area contributed by atoms with Crippen LogP contribution < -0.4 is 10.6 Å². The quantitative estimate of drug-likeness (QED) is 0.564. The molecule has 0 radical (unpaired) electrons. The standard InChI is InChI=1S/C17H17N3O5S3/c1-25-6-9-7-27-15-12(14(22)20(15)13(9)16(23)24)19-10(21)5-18-11-4-8-2-3-26-17(8)28-11/h2-4,12,15,18H,5-7H2,1H3,(H,19,21)(H,23,24)/t12?,15-/m0/s1. The fourth-order valence-corrected chi connectivity index (χ4v) is 6.55. The molecule has 2 aliphatic rings. The molecule has 2 aromatic heterocycles. The molecule has 28 heavy (non-hydrogen) atoms. The minimum atomic E-state index is -1.16. The van der Waals surface area contributed by atoms with E-state index in [0.717, 1.165) is 10.4 Å². The lowest BCUT2D eigenvalue weighted by Crippen LogP contribution is -2.71. The second-order valence-electron chi connectivity index (χ2n) is 6.27. The first-order chi connectivity index (χ1) is 13.5. The highest BCUT2D eigenvalue weighted by Crippen LogP contribution is 2.40. The van der Waals surface area contributed by atoms with Crippen molar-refractivity contribution in [1.29, 1.82) is 0 Å². The fraction of sp³-hybridized carbons (Fsp3) is 0.353. The molecule has 4 rings (SSSR count). The summed E-state index contributed by atoms with van der Waals surface area (Å²) in [6.45, 7) is 0.204. The molecule has 3 N–H and O–H groups in total. The van der Waals surface area contributed by atoms with Crippen LogP contribution >= 0.6 is 34.4 Å². The molecule has 148 valence electrons. The summed E-state index contributed by atoms with van der Waals surface area (Å²) >= 11 is 4.65. The van der Waals surface area contributed by atoms with Crippen molar-refractivity contribution in [3.05, 3.63) is 28.8 Å². The zero-order valence-electron chi connectivity index (χ0n) is 14.8. The average Bonchev–Trinajstić information content (AvgIpc) is 3.25. The van der Waals surface area contributed by atoms with Crippen LogP contribution in [-0.2, 0) is 19.1 Å². The van der Waals surface area contributed by atoms with Crippen molar-refractivity contribution in [2.75, 3.05) is 31.3 Å². The molecule has 4 heterocycles. The van der Waals surface area contributed by atoms with Gasteiger partial charge in [0.1, 0.15) is 17.1 Å². The van der Waals surface area contributed by atoms with Crippen molar-refractivity contribution in [2.24, 2.45) is 0 Å².